The molecule has 8 nitrogen and oxygen atoms in total. The van der Waals surface area contributed by atoms with Crippen molar-refractivity contribution in [1.29, 1.82) is 0 Å². The van der Waals surface area contributed by atoms with Crippen LogP contribution >= 0.6 is 11.8 Å². The molecular weight excluding hydrogens is 667 g/mol. The summed E-state index contributed by atoms with van der Waals surface area (Å²) in [6, 6.07) is 3.95. The molecule has 47 heavy (non-hydrogen) atoms. The van der Waals surface area contributed by atoms with Crippen LogP contribution < -0.4 is 15.5 Å². The maximum Gasteiger partial charge on any atom is 0.433 e. The summed E-state index contributed by atoms with van der Waals surface area (Å²) in [4.78, 5) is 37.4. The lowest BCUT2D eigenvalue weighted by molar-refractivity contribution is -0.143. The zero-order valence-corrected chi connectivity index (χ0v) is 24.7. The Hall–Kier alpha value is -4.19. The molecule has 2 saturated heterocycles. The molecule has 250 valence electrons. The van der Waals surface area contributed by atoms with Gasteiger partial charge < -0.3 is 10.2 Å². The molecule has 5 rings (SSSR count). The molecule has 0 aliphatic carbocycles. The Bertz CT molecular complexity index is 1700. The van der Waals surface area contributed by atoms with Gasteiger partial charge in [0, 0.05) is 31.4 Å². The molecule has 0 radical (unpaired) electrons. The van der Waals surface area contributed by atoms with E-state index in [4.69, 9.17) is 0 Å². The average molecular weight is 691 g/mol. The molecule has 2 aromatic heterocycles. The van der Waals surface area contributed by atoms with E-state index in [2.05, 4.69) is 25.6 Å². The number of rotatable bonds is 7. The summed E-state index contributed by atoms with van der Waals surface area (Å²) in [5, 5.41) is 4.70. The summed E-state index contributed by atoms with van der Waals surface area (Å²) in [6.07, 6.45) is -11.1. The normalized spacial score (nSPS) is 17.5. The number of hydrogen-bond acceptors (Lipinski definition) is 8. The maximum absolute atomic E-state index is 13.7. The molecular formula is C29H23F9N6O2S. The van der Waals surface area contributed by atoms with Crippen molar-refractivity contribution >= 4 is 34.9 Å². The second-order valence-electron chi connectivity index (χ2n) is 10.7. The van der Waals surface area contributed by atoms with E-state index in [1.807, 2.05) is 4.90 Å². The number of alkyl halides is 9. The van der Waals surface area contributed by atoms with E-state index >= 15 is 0 Å². The molecule has 18 heteroatoms. The molecule has 2 N–H and O–H groups in total. The highest BCUT2D eigenvalue weighted by molar-refractivity contribution is 8.18. The van der Waals surface area contributed by atoms with Crippen molar-refractivity contribution in [2.75, 3.05) is 24.5 Å². The molecule has 0 spiro atoms. The van der Waals surface area contributed by atoms with Gasteiger partial charge in [-0.15, -0.1) is 0 Å². The van der Waals surface area contributed by atoms with Crippen LogP contribution in [0.4, 0.5) is 50.3 Å². The standard InChI is InChI=1S/C29H23F9N6O2S/c30-27(31,32)17-1-2-19(20(11-17)28(33,34)35)21-9-16(10-23(42-21)29(36,37)38)14-39-13-15-4-7-44(8-5-15)25-40-6-3-18(41-25)12-22-24(45)43-26(46)47-22/h1-3,6,9-12,15,39H,4-5,7-8,13-14H2,(H,43,45,46)/b22-12-. The Morgan fingerprint density at radius 2 is 1.64 bits per heavy atom. The van der Waals surface area contributed by atoms with E-state index in [0.29, 0.717) is 62.3 Å². The van der Waals surface area contributed by atoms with Crippen LogP contribution in [0.25, 0.3) is 17.3 Å². The predicted molar refractivity (Wildman–Crippen MR) is 152 cm³/mol. The van der Waals surface area contributed by atoms with E-state index in [1.165, 1.54) is 12.3 Å². The molecule has 0 unspecified atom stereocenters. The number of anilines is 1. The first-order valence-electron chi connectivity index (χ1n) is 13.9. The highest BCUT2D eigenvalue weighted by Gasteiger charge is 2.40. The van der Waals surface area contributed by atoms with Crippen LogP contribution in [-0.2, 0) is 29.9 Å². The van der Waals surface area contributed by atoms with Gasteiger partial charge in [0.1, 0.15) is 5.69 Å². The number of pyridine rings is 1. The first-order chi connectivity index (χ1) is 22.0. The third kappa shape index (κ3) is 8.40. The van der Waals surface area contributed by atoms with Crippen LogP contribution in [-0.4, -0.2) is 45.7 Å². The second-order valence-corrected chi connectivity index (χ2v) is 11.7. The van der Waals surface area contributed by atoms with Gasteiger partial charge >= 0.3 is 18.5 Å². The number of benzene rings is 1. The molecule has 2 fully saturated rings. The lowest BCUT2D eigenvalue weighted by atomic mass is 9.96. The van der Waals surface area contributed by atoms with Gasteiger partial charge in [-0.3, -0.25) is 14.9 Å². The maximum atomic E-state index is 13.7. The number of thioether (sulfide) groups is 1. The van der Waals surface area contributed by atoms with Gasteiger partial charge in [-0.05, 0) is 79.0 Å². The third-order valence-corrected chi connectivity index (χ3v) is 8.16. The lowest BCUT2D eigenvalue weighted by Crippen LogP contribution is -2.38. The summed E-state index contributed by atoms with van der Waals surface area (Å²) in [6.45, 7) is 1.25. The quantitative estimate of drug-likeness (QED) is 0.204. The van der Waals surface area contributed by atoms with Gasteiger partial charge in [-0.2, -0.15) is 39.5 Å². The Morgan fingerprint density at radius 1 is 0.915 bits per heavy atom. The number of halogens is 9. The van der Waals surface area contributed by atoms with Crippen LogP contribution in [0.1, 0.15) is 40.9 Å². The SMILES string of the molecule is O=C1NC(=O)/C(=C/c2ccnc(N3CCC(CNCc4cc(-c5ccc(C(F)(F)F)cc5C(F)(F)F)nc(C(F)(F)F)c4)CC3)n2)S1. The van der Waals surface area contributed by atoms with Gasteiger partial charge in [-0.25, -0.2) is 15.0 Å². The molecule has 2 aliphatic rings. The number of amides is 2. The number of nitrogens with one attached hydrogen (secondary N) is 2. The van der Waals surface area contributed by atoms with E-state index in [0.717, 1.165) is 17.8 Å². The van der Waals surface area contributed by atoms with Crippen molar-refractivity contribution < 1.29 is 49.1 Å². The van der Waals surface area contributed by atoms with Gasteiger partial charge in [0.15, 0.2) is 0 Å². The van der Waals surface area contributed by atoms with Crippen LogP contribution in [0, 0.1) is 5.92 Å². The second kappa shape index (κ2) is 13.1. The van der Waals surface area contributed by atoms with Gasteiger partial charge in [-0.1, -0.05) is 6.07 Å². The van der Waals surface area contributed by atoms with Gasteiger partial charge in [0.2, 0.25) is 5.95 Å². The van der Waals surface area contributed by atoms with Crippen LogP contribution in [0.5, 0.6) is 0 Å². The number of hydrogen-bond donors (Lipinski definition) is 2. The van der Waals surface area contributed by atoms with Crippen LogP contribution in [0.2, 0.25) is 0 Å². The minimum absolute atomic E-state index is 0.0528. The van der Waals surface area contributed by atoms with Crippen molar-refractivity contribution in [3.05, 3.63) is 75.6 Å². The lowest BCUT2D eigenvalue weighted by Gasteiger charge is -2.32. The highest BCUT2D eigenvalue weighted by Crippen LogP contribution is 2.41. The summed E-state index contributed by atoms with van der Waals surface area (Å²) in [5.41, 5.74) is -6.13. The summed E-state index contributed by atoms with van der Waals surface area (Å²) < 4.78 is 122. The Kier molecular flexibility index (Phi) is 9.54. The largest absolute Gasteiger partial charge is 0.433 e. The minimum atomic E-state index is -5.30. The molecule has 0 bridgehead atoms. The fourth-order valence-corrected chi connectivity index (χ4v) is 5.73. The summed E-state index contributed by atoms with van der Waals surface area (Å²) in [5.74, 6) is -0.0287. The monoisotopic (exact) mass is 690 g/mol. The number of carbonyl (C=O) groups is 2. The van der Waals surface area contributed by atoms with Gasteiger partial charge in [0.05, 0.1) is 27.4 Å². The van der Waals surface area contributed by atoms with E-state index in [-0.39, 0.29) is 29.0 Å². The molecule has 2 aliphatic heterocycles. The number of carbonyl (C=O) groups excluding carboxylic acids is 2. The Balaban J connectivity index is 1.25. The smallest absolute Gasteiger partial charge is 0.341 e. The van der Waals surface area contributed by atoms with E-state index in [9.17, 15) is 49.1 Å². The number of aromatic nitrogens is 3. The van der Waals surface area contributed by atoms with Crippen molar-refractivity contribution in [2.45, 2.75) is 37.9 Å². The Labute approximate surface area is 264 Å². The fourth-order valence-electron chi connectivity index (χ4n) is 5.06. The van der Waals surface area contributed by atoms with Gasteiger partial charge in [0.25, 0.3) is 11.1 Å². The van der Waals surface area contributed by atoms with Crippen molar-refractivity contribution in [2.24, 2.45) is 5.92 Å². The number of nitrogens with zero attached hydrogens (tertiary/aromatic N) is 4. The zero-order chi connectivity index (χ0) is 34.1. The molecule has 1 aromatic carbocycles. The molecule has 0 atom stereocenters. The molecule has 0 saturated carbocycles. The summed E-state index contributed by atoms with van der Waals surface area (Å²) in [7, 11) is 0. The van der Waals surface area contributed by atoms with E-state index < -0.39 is 57.8 Å². The fraction of sp³-hybridized carbons (Fsp3) is 0.345. The van der Waals surface area contributed by atoms with E-state index in [1.54, 1.807) is 6.07 Å². The predicted octanol–water partition coefficient (Wildman–Crippen LogP) is 6.93. The summed E-state index contributed by atoms with van der Waals surface area (Å²) >= 11 is 0.759. The van der Waals surface area contributed by atoms with Crippen molar-refractivity contribution in [1.82, 2.24) is 25.6 Å². The third-order valence-electron chi connectivity index (χ3n) is 7.35. The molecule has 3 aromatic rings. The van der Waals surface area contributed by atoms with Crippen molar-refractivity contribution in [3.8, 4) is 11.3 Å². The number of imide groups is 1. The molecule has 4 heterocycles. The highest BCUT2D eigenvalue weighted by atomic mass is 32.2. The molecule has 2 amide bonds. The van der Waals surface area contributed by atoms with Crippen LogP contribution in [0.3, 0.4) is 0 Å². The van der Waals surface area contributed by atoms with Crippen molar-refractivity contribution in [3.63, 3.8) is 0 Å². The zero-order valence-electron chi connectivity index (χ0n) is 23.9. The first kappa shape index (κ1) is 34.2. The Morgan fingerprint density at radius 3 is 2.26 bits per heavy atom. The topological polar surface area (TPSA) is 100 Å². The first-order valence-corrected chi connectivity index (χ1v) is 14.7. The average Bonchev–Trinajstić information content (AvgIpc) is 3.31. The number of piperidine rings is 1. The van der Waals surface area contributed by atoms with Crippen LogP contribution in [0.15, 0.2) is 47.5 Å². The minimum Gasteiger partial charge on any atom is -0.341 e.